The van der Waals surface area contributed by atoms with E-state index in [0.717, 1.165) is 0 Å². The van der Waals surface area contributed by atoms with Crippen LogP contribution < -0.4 is 10.6 Å². The van der Waals surface area contributed by atoms with Crippen molar-refractivity contribution in [3.63, 3.8) is 0 Å². The lowest BCUT2D eigenvalue weighted by Crippen LogP contribution is -2.52. The highest BCUT2D eigenvalue weighted by molar-refractivity contribution is 7.11. The number of piperidine rings is 1. The maximum atomic E-state index is 11.6. The predicted octanol–water partition coefficient (Wildman–Crippen LogP) is -0.322. The van der Waals surface area contributed by atoms with Crippen LogP contribution in [0.4, 0.5) is 0 Å². The van der Waals surface area contributed by atoms with Crippen LogP contribution in [0.1, 0.15) is 22.6 Å². The highest BCUT2D eigenvalue weighted by Crippen LogP contribution is 2.08. The number of rotatable bonds is 2. The minimum atomic E-state index is -0.644. The van der Waals surface area contributed by atoms with Gasteiger partial charge in [0.05, 0.1) is 0 Å². The second kappa shape index (κ2) is 4.40. The standard InChI is InChI=1S/C9H9N3O3S/c13-6-2-1-5(7(14)12-6)11-8(15)9-10-3-4-16-9/h3-5H,1-2H2,(H,11,15)(H,12,13,14). The van der Waals surface area contributed by atoms with Crippen molar-refractivity contribution in [1.29, 1.82) is 0 Å². The van der Waals surface area contributed by atoms with E-state index in [1.807, 2.05) is 0 Å². The van der Waals surface area contributed by atoms with Gasteiger partial charge in [0.25, 0.3) is 5.91 Å². The maximum Gasteiger partial charge on any atom is 0.280 e. The Morgan fingerprint density at radius 3 is 3.00 bits per heavy atom. The highest BCUT2D eigenvalue weighted by atomic mass is 32.1. The van der Waals surface area contributed by atoms with Crippen LogP contribution >= 0.6 is 11.3 Å². The molecule has 0 bridgehead atoms. The number of hydrogen-bond donors (Lipinski definition) is 2. The second-order valence-corrected chi connectivity index (χ2v) is 4.21. The van der Waals surface area contributed by atoms with Crippen LogP contribution in [0.15, 0.2) is 11.6 Å². The summed E-state index contributed by atoms with van der Waals surface area (Å²) in [7, 11) is 0. The third kappa shape index (κ3) is 2.25. The molecule has 2 heterocycles. The van der Waals surface area contributed by atoms with E-state index < -0.39 is 11.9 Å². The zero-order chi connectivity index (χ0) is 11.5. The van der Waals surface area contributed by atoms with Gasteiger partial charge in [0.2, 0.25) is 11.8 Å². The zero-order valence-corrected chi connectivity index (χ0v) is 9.04. The Morgan fingerprint density at radius 1 is 1.56 bits per heavy atom. The summed E-state index contributed by atoms with van der Waals surface area (Å²) in [5.41, 5.74) is 0. The molecule has 6 nitrogen and oxygen atoms in total. The van der Waals surface area contributed by atoms with Gasteiger partial charge in [0, 0.05) is 18.0 Å². The van der Waals surface area contributed by atoms with E-state index in [9.17, 15) is 14.4 Å². The minimum absolute atomic E-state index is 0.245. The number of imide groups is 1. The molecule has 3 amide bonds. The lowest BCUT2D eigenvalue weighted by molar-refractivity contribution is -0.134. The molecular formula is C9H9N3O3S. The summed E-state index contributed by atoms with van der Waals surface area (Å²) in [5, 5.41) is 6.70. The maximum absolute atomic E-state index is 11.6. The van der Waals surface area contributed by atoms with E-state index in [1.165, 1.54) is 17.5 Å². The molecule has 1 aromatic rings. The van der Waals surface area contributed by atoms with Crippen molar-refractivity contribution in [2.24, 2.45) is 0 Å². The van der Waals surface area contributed by atoms with Crippen molar-refractivity contribution in [1.82, 2.24) is 15.6 Å². The highest BCUT2D eigenvalue weighted by Gasteiger charge is 2.28. The smallest absolute Gasteiger partial charge is 0.280 e. The van der Waals surface area contributed by atoms with Crippen LogP contribution in [0.5, 0.6) is 0 Å². The molecule has 0 saturated carbocycles. The van der Waals surface area contributed by atoms with Crippen LogP contribution in [0.2, 0.25) is 0 Å². The lowest BCUT2D eigenvalue weighted by atomic mass is 10.1. The quantitative estimate of drug-likeness (QED) is 0.692. The summed E-state index contributed by atoms with van der Waals surface area (Å²) < 4.78 is 0. The van der Waals surface area contributed by atoms with Gasteiger partial charge in [0.15, 0.2) is 5.01 Å². The molecule has 0 aliphatic carbocycles. The van der Waals surface area contributed by atoms with Crippen LogP contribution in [-0.2, 0) is 9.59 Å². The summed E-state index contributed by atoms with van der Waals surface area (Å²) in [6, 6.07) is -0.644. The number of thiazole rings is 1. The summed E-state index contributed by atoms with van der Waals surface area (Å²) in [4.78, 5) is 37.6. The summed E-state index contributed by atoms with van der Waals surface area (Å²) in [6.45, 7) is 0. The van der Waals surface area contributed by atoms with Gasteiger partial charge in [-0.3, -0.25) is 19.7 Å². The van der Waals surface area contributed by atoms with Crippen molar-refractivity contribution in [3.05, 3.63) is 16.6 Å². The lowest BCUT2D eigenvalue weighted by Gasteiger charge is -2.21. The van der Waals surface area contributed by atoms with Crippen LogP contribution in [0, 0.1) is 0 Å². The molecule has 1 atom stereocenters. The monoisotopic (exact) mass is 239 g/mol. The first kappa shape index (κ1) is 10.7. The molecule has 1 aliphatic rings. The van der Waals surface area contributed by atoms with E-state index in [2.05, 4.69) is 15.6 Å². The van der Waals surface area contributed by atoms with Crippen molar-refractivity contribution in [2.45, 2.75) is 18.9 Å². The Hall–Kier alpha value is -1.76. The molecule has 1 unspecified atom stereocenters. The van der Waals surface area contributed by atoms with Gasteiger partial charge in [-0.25, -0.2) is 4.98 Å². The Labute approximate surface area is 95.1 Å². The fourth-order valence-corrected chi connectivity index (χ4v) is 1.93. The van der Waals surface area contributed by atoms with Gasteiger partial charge in [0.1, 0.15) is 6.04 Å². The minimum Gasteiger partial charge on any atom is -0.338 e. The van der Waals surface area contributed by atoms with Gasteiger partial charge in [-0.2, -0.15) is 0 Å². The van der Waals surface area contributed by atoms with Crippen molar-refractivity contribution >= 4 is 29.1 Å². The number of nitrogens with zero attached hydrogens (tertiary/aromatic N) is 1. The van der Waals surface area contributed by atoms with Gasteiger partial charge in [-0.05, 0) is 6.42 Å². The average molecular weight is 239 g/mol. The van der Waals surface area contributed by atoms with Crippen LogP contribution in [-0.4, -0.2) is 28.7 Å². The van der Waals surface area contributed by atoms with E-state index in [1.54, 1.807) is 5.38 Å². The molecule has 1 aliphatic heterocycles. The Bertz CT molecular complexity index is 429. The SMILES string of the molecule is O=C1CCC(NC(=O)c2nccs2)C(=O)N1. The number of nitrogens with one attached hydrogen (secondary N) is 2. The van der Waals surface area contributed by atoms with Gasteiger partial charge < -0.3 is 5.32 Å². The second-order valence-electron chi connectivity index (χ2n) is 3.31. The average Bonchev–Trinajstić information content (AvgIpc) is 2.75. The molecule has 0 spiro atoms. The largest absolute Gasteiger partial charge is 0.338 e. The molecule has 2 N–H and O–H groups in total. The van der Waals surface area contributed by atoms with Crippen LogP contribution in [0.3, 0.4) is 0 Å². The Kier molecular flexibility index (Phi) is 2.95. The van der Waals surface area contributed by atoms with E-state index in [0.29, 0.717) is 11.4 Å². The number of aromatic nitrogens is 1. The molecule has 1 aromatic heterocycles. The Balaban J connectivity index is 1.97. The molecule has 84 valence electrons. The normalized spacial score (nSPS) is 20.4. The van der Waals surface area contributed by atoms with Crippen LogP contribution in [0.25, 0.3) is 0 Å². The molecule has 7 heteroatoms. The van der Waals surface area contributed by atoms with E-state index >= 15 is 0 Å². The Morgan fingerprint density at radius 2 is 2.38 bits per heavy atom. The fourth-order valence-electron chi connectivity index (χ4n) is 1.39. The molecular weight excluding hydrogens is 230 g/mol. The van der Waals surface area contributed by atoms with E-state index in [4.69, 9.17) is 0 Å². The number of hydrogen-bond acceptors (Lipinski definition) is 5. The molecule has 2 rings (SSSR count). The van der Waals surface area contributed by atoms with Gasteiger partial charge in [-0.1, -0.05) is 0 Å². The molecule has 16 heavy (non-hydrogen) atoms. The van der Waals surface area contributed by atoms with Crippen molar-refractivity contribution in [2.75, 3.05) is 0 Å². The molecule has 1 fully saturated rings. The number of carbonyl (C=O) groups excluding carboxylic acids is 3. The molecule has 0 aromatic carbocycles. The first-order valence-corrected chi connectivity index (χ1v) is 5.59. The zero-order valence-electron chi connectivity index (χ0n) is 8.23. The van der Waals surface area contributed by atoms with Crippen molar-refractivity contribution < 1.29 is 14.4 Å². The first-order chi connectivity index (χ1) is 7.66. The first-order valence-electron chi connectivity index (χ1n) is 4.71. The number of amides is 3. The summed E-state index contributed by atoms with van der Waals surface area (Å²) in [6.07, 6.45) is 2.10. The van der Waals surface area contributed by atoms with Gasteiger partial charge >= 0.3 is 0 Å². The third-order valence-electron chi connectivity index (χ3n) is 2.17. The topological polar surface area (TPSA) is 88.2 Å². The van der Waals surface area contributed by atoms with Crippen molar-refractivity contribution in [3.8, 4) is 0 Å². The fraction of sp³-hybridized carbons (Fsp3) is 0.333. The molecule has 0 radical (unpaired) electrons. The number of carbonyl (C=O) groups is 3. The van der Waals surface area contributed by atoms with Gasteiger partial charge in [-0.15, -0.1) is 11.3 Å². The third-order valence-corrected chi connectivity index (χ3v) is 2.94. The van der Waals surface area contributed by atoms with E-state index in [-0.39, 0.29) is 18.2 Å². The summed E-state index contributed by atoms with van der Waals surface area (Å²) >= 11 is 1.20. The predicted molar refractivity (Wildman–Crippen MR) is 55.8 cm³/mol. The summed E-state index contributed by atoms with van der Waals surface area (Å²) in [5.74, 6) is -1.14. The molecule has 1 saturated heterocycles.